The molecular weight excluding hydrogens is 380 g/mol. The SMILES string of the molecule is Cc1nc(-c2cccs2)sc1C(=O)Nc1ccccc1C1C=CC(=O)N=N1. The number of nitrogens with zero attached hydrogens (tertiary/aromatic N) is 3. The number of hydrogen-bond donors (Lipinski definition) is 1. The van der Waals surface area contributed by atoms with Crippen molar-refractivity contribution in [1.82, 2.24) is 4.98 Å². The molecule has 1 unspecified atom stereocenters. The fourth-order valence-electron chi connectivity index (χ4n) is 2.69. The number of thiophene rings is 1. The number of para-hydroxylation sites is 1. The third kappa shape index (κ3) is 3.62. The molecule has 0 saturated heterocycles. The lowest BCUT2D eigenvalue weighted by Crippen LogP contribution is -2.14. The Morgan fingerprint density at radius 3 is 2.78 bits per heavy atom. The molecule has 0 spiro atoms. The average molecular weight is 394 g/mol. The number of thiazole rings is 1. The van der Waals surface area contributed by atoms with Gasteiger partial charge in [0.25, 0.3) is 11.8 Å². The zero-order valence-corrected chi connectivity index (χ0v) is 15.9. The highest BCUT2D eigenvalue weighted by Gasteiger charge is 2.20. The normalized spacial score (nSPS) is 15.9. The van der Waals surface area contributed by atoms with Crippen molar-refractivity contribution in [3.63, 3.8) is 0 Å². The molecule has 8 heteroatoms. The van der Waals surface area contributed by atoms with E-state index in [1.807, 2.05) is 48.7 Å². The van der Waals surface area contributed by atoms with Gasteiger partial charge in [-0.3, -0.25) is 9.59 Å². The van der Waals surface area contributed by atoms with Crippen molar-refractivity contribution in [2.45, 2.75) is 13.0 Å². The molecule has 3 aromatic rings. The van der Waals surface area contributed by atoms with Crippen LogP contribution in [0.3, 0.4) is 0 Å². The van der Waals surface area contributed by atoms with Gasteiger partial charge in [0.15, 0.2) is 0 Å². The minimum Gasteiger partial charge on any atom is -0.321 e. The highest BCUT2D eigenvalue weighted by atomic mass is 32.1. The number of benzene rings is 1. The summed E-state index contributed by atoms with van der Waals surface area (Å²) in [5.74, 6) is -0.595. The van der Waals surface area contributed by atoms with Crippen LogP contribution in [0.15, 0.2) is 64.2 Å². The molecule has 0 bridgehead atoms. The van der Waals surface area contributed by atoms with E-state index in [2.05, 4.69) is 20.5 Å². The van der Waals surface area contributed by atoms with Crippen molar-refractivity contribution in [3.8, 4) is 9.88 Å². The van der Waals surface area contributed by atoms with Gasteiger partial charge >= 0.3 is 0 Å². The molecule has 1 atom stereocenters. The van der Waals surface area contributed by atoms with E-state index < -0.39 is 6.04 Å². The molecular formula is C19H14N4O2S2. The van der Waals surface area contributed by atoms with Crippen LogP contribution in [-0.2, 0) is 4.79 Å². The number of carbonyl (C=O) groups is 2. The van der Waals surface area contributed by atoms with Gasteiger partial charge in [0.1, 0.15) is 15.9 Å². The van der Waals surface area contributed by atoms with Crippen LogP contribution in [0.2, 0.25) is 0 Å². The summed E-state index contributed by atoms with van der Waals surface area (Å²) in [6.45, 7) is 1.83. The molecule has 27 heavy (non-hydrogen) atoms. The number of nitrogens with one attached hydrogen (secondary N) is 1. The second kappa shape index (κ2) is 7.34. The Balaban J connectivity index is 1.60. The molecule has 0 radical (unpaired) electrons. The van der Waals surface area contributed by atoms with Crippen molar-refractivity contribution in [1.29, 1.82) is 0 Å². The summed E-state index contributed by atoms with van der Waals surface area (Å²) >= 11 is 2.97. The van der Waals surface area contributed by atoms with Gasteiger partial charge < -0.3 is 5.32 Å². The summed E-state index contributed by atoms with van der Waals surface area (Å²) in [7, 11) is 0. The standard InChI is InChI=1S/C19H14N4O2S2/c1-11-17(27-19(20-11)15-7-4-10-26-15)18(25)21-13-6-3-2-5-12(13)14-8-9-16(24)23-22-14/h2-10,14H,1H3,(H,21,25). The largest absolute Gasteiger partial charge is 0.321 e. The highest BCUT2D eigenvalue weighted by molar-refractivity contribution is 7.22. The maximum absolute atomic E-state index is 12.8. The Morgan fingerprint density at radius 1 is 1.19 bits per heavy atom. The van der Waals surface area contributed by atoms with Gasteiger partial charge in [0, 0.05) is 17.3 Å². The summed E-state index contributed by atoms with van der Waals surface area (Å²) in [5, 5.41) is 13.4. The number of aromatic nitrogens is 1. The molecule has 6 nitrogen and oxygen atoms in total. The molecule has 2 amide bonds. The molecule has 0 saturated carbocycles. The lowest BCUT2D eigenvalue weighted by Gasteiger charge is -2.15. The summed E-state index contributed by atoms with van der Waals surface area (Å²) < 4.78 is 0. The first-order chi connectivity index (χ1) is 13.1. The minimum absolute atomic E-state index is 0.215. The molecule has 134 valence electrons. The predicted octanol–water partition coefficient (Wildman–Crippen LogP) is 5.02. The van der Waals surface area contributed by atoms with E-state index in [4.69, 9.17) is 0 Å². The minimum atomic E-state index is -0.400. The van der Waals surface area contributed by atoms with Crippen LogP contribution in [0.25, 0.3) is 9.88 Å². The third-order valence-corrected chi connectivity index (χ3v) is 6.16. The molecule has 1 N–H and O–H groups in total. The molecule has 0 aliphatic carbocycles. The Morgan fingerprint density at radius 2 is 2.04 bits per heavy atom. The molecule has 0 fully saturated rings. The first-order valence-electron chi connectivity index (χ1n) is 8.16. The van der Waals surface area contributed by atoms with Crippen LogP contribution in [0, 0.1) is 6.92 Å². The number of rotatable bonds is 4. The molecule has 1 aromatic carbocycles. The van der Waals surface area contributed by atoms with Crippen LogP contribution in [0.5, 0.6) is 0 Å². The fourth-order valence-corrected chi connectivity index (χ4v) is 4.45. The summed E-state index contributed by atoms with van der Waals surface area (Å²) in [4.78, 5) is 30.2. The zero-order valence-electron chi connectivity index (χ0n) is 14.2. The topological polar surface area (TPSA) is 83.8 Å². The number of amides is 2. The molecule has 1 aliphatic rings. The summed E-state index contributed by atoms with van der Waals surface area (Å²) in [5.41, 5.74) is 2.11. The first kappa shape index (κ1) is 17.4. The first-order valence-corrected chi connectivity index (χ1v) is 9.86. The maximum Gasteiger partial charge on any atom is 0.287 e. The number of hydrogen-bond acceptors (Lipinski definition) is 6. The number of aryl methyl sites for hydroxylation is 1. The van der Waals surface area contributed by atoms with E-state index in [0.717, 1.165) is 15.4 Å². The van der Waals surface area contributed by atoms with Gasteiger partial charge in [0.2, 0.25) is 0 Å². The third-order valence-electron chi connectivity index (χ3n) is 3.96. The summed E-state index contributed by atoms with van der Waals surface area (Å²) in [6, 6.07) is 10.9. The number of anilines is 1. The molecule has 3 heterocycles. The van der Waals surface area contributed by atoms with Gasteiger partial charge in [0.05, 0.1) is 10.6 Å². The second-order valence-corrected chi connectivity index (χ2v) is 7.76. The molecule has 4 rings (SSSR count). The summed E-state index contributed by atoms with van der Waals surface area (Å²) in [6.07, 6.45) is 3.06. The van der Waals surface area contributed by atoms with Gasteiger partial charge in [-0.15, -0.1) is 27.8 Å². The van der Waals surface area contributed by atoms with Crippen LogP contribution in [-0.4, -0.2) is 16.8 Å². The van der Waals surface area contributed by atoms with Gasteiger partial charge in [-0.1, -0.05) is 24.3 Å². The Hall–Kier alpha value is -2.97. The predicted molar refractivity (Wildman–Crippen MR) is 106 cm³/mol. The van der Waals surface area contributed by atoms with Crippen molar-refractivity contribution in [3.05, 3.63) is 70.1 Å². The second-order valence-electron chi connectivity index (χ2n) is 5.81. The quantitative estimate of drug-likeness (QED) is 0.674. The number of carbonyl (C=O) groups excluding carboxylic acids is 2. The van der Waals surface area contributed by atoms with Crippen molar-refractivity contribution >= 4 is 40.2 Å². The Bertz CT molecular complexity index is 1050. The lowest BCUT2D eigenvalue weighted by molar-refractivity contribution is -0.114. The van der Waals surface area contributed by atoms with Crippen molar-refractivity contribution in [2.24, 2.45) is 10.2 Å². The van der Waals surface area contributed by atoms with E-state index in [1.165, 1.54) is 17.4 Å². The van der Waals surface area contributed by atoms with E-state index in [9.17, 15) is 9.59 Å². The van der Waals surface area contributed by atoms with Gasteiger partial charge in [-0.2, -0.15) is 5.11 Å². The van der Waals surface area contributed by atoms with E-state index in [1.54, 1.807) is 17.4 Å². The van der Waals surface area contributed by atoms with E-state index >= 15 is 0 Å². The molecule has 2 aromatic heterocycles. The van der Waals surface area contributed by atoms with Crippen molar-refractivity contribution < 1.29 is 9.59 Å². The monoisotopic (exact) mass is 394 g/mol. The van der Waals surface area contributed by atoms with Crippen molar-refractivity contribution in [2.75, 3.05) is 5.32 Å². The average Bonchev–Trinajstić information content (AvgIpc) is 3.32. The van der Waals surface area contributed by atoms with E-state index in [0.29, 0.717) is 16.3 Å². The fraction of sp³-hybridized carbons (Fsp3) is 0.105. The van der Waals surface area contributed by atoms with Crippen LogP contribution in [0.4, 0.5) is 5.69 Å². The van der Waals surface area contributed by atoms with Crippen LogP contribution >= 0.6 is 22.7 Å². The maximum atomic E-state index is 12.8. The van der Waals surface area contributed by atoms with Crippen LogP contribution < -0.4 is 5.32 Å². The Labute approximate surface area is 163 Å². The van der Waals surface area contributed by atoms with Gasteiger partial charge in [-0.05, 0) is 30.5 Å². The Kier molecular flexibility index (Phi) is 4.74. The van der Waals surface area contributed by atoms with Gasteiger partial charge in [-0.25, -0.2) is 4.98 Å². The van der Waals surface area contributed by atoms with E-state index in [-0.39, 0.29) is 11.8 Å². The van der Waals surface area contributed by atoms with Crippen LogP contribution in [0.1, 0.15) is 27.0 Å². The highest BCUT2D eigenvalue weighted by Crippen LogP contribution is 2.33. The molecule has 1 aliphatic heterocycles. The lowest BCUT2D eigenvalue weighted by atomic mass is 10.0. The smallest absolute Gasteiger partial charge is 0.287 e. The number of azo groups is 1. The zero-order chi connectivity index (χ0) is 18.8.